The Morgan fingerprint density at radius 3 is 2.71 bits per heavy atom. The van der Waals surface area contributed by atoms with Crippen molar-refractivity contribution in [3.05, 3.63) is 52.6 Å². The third-order valence-electron chi connectivity index (χ3n) is 5.42. The average Bonchev–Trinajstić information content (AvgIpc) is 3.27. The van der Waals surface area contributed by atoms with Crippen molar-refractivity contribution >= 4 is 33.8 Å². The molecule has 0 aliphatic carbocycles. The van der Waals surface area contributed by atoms with E-state index in [2.05, 4.69) is 14.4 Å². The van der Waals surface area contributed by atoms with Gasteiger partial charge in [0.1, 0.15) is 17.5 Å². The van der Waals surface area contributed by atoms with Crippen LogP contribution in [0, 0.1) is 12.7 Å². The molecule has 3 heterocycles. The summed E-state index contributed by atoms with van der Waals surface area (Å²) in [6, 6.07) is 4.77. The fourth-order valence-electron chi connectivity index (χ4n) is 3.96. The lowest BCUT2D eigenvalue weighted by Gasteiger charge is -2.32. The minimum Gasteiger partial charge on any atom is -0.442 e. The SMILES string of the molecule is Cc1ccc(F)c(C2OC[C@H](SN3Cc4cn(S(C)(=O)=O)nc4C3)CC2=NC(=O)OC(C)(C)C)c1. The second kappa shape index (κ2) is 9.64. The molecule has 2 aliphatic rings. The largest absolute Gasteiger partial charge is 0.442 e. The maximum Gasteiger partial charge on any atom is 0.434 e. The summed E-state index contributed by atoms with van der Waals surface area (Å²) in [6.07, 6.45) is 1.53. The van der Waals surface area contributed by atoms with Crippen molar-refractivity contribution in [2.75, 3.05) is 12.9 Å². The summed E-state index contributed by atoms with van der Waals surface area (Å²) in [5.41, 5.74) is 2.47. The Balaban J connectivity index is 1.51. The monoisotopic (exact) mass is 524 g/mol. The van der Waals surface area contributed by atoms with E-state index in [1.165, 1.54) is 24.2 Å². The zero-order valence-electron chi connectivity index (χ0n) is 20.3. The maximum atomic E-state index is 14.7. The van der Waals surface area contributed by atoms with Gasteiger partial charge in [-0.3, -0.25) is 0 Å². The molecule has 0 radical (unpaired) electrons. The molecule has 190 valence electrons. The van der Waals surface area contributed by atoms with Gasteiger partial charge in [0.05, 0.1) is 30.8 Å². The van der Waals surface area contributed by atoms with Gasteiger partial charge < -0.3 is 9.47 Å². The standard InChI is InChI=1S/C23H29FN4O5S2/c1-14-6-7-18(24)17(8-14)21-19(25-22(29)33-23(2,3)4)9-16(13-32-21)34-27-10-15-11-28(35(5,30)31)26-20(15)12-27/h6-8,11,16,21H,9-10,12-13H2,1-5H3/t16-,21?/m1/s1. The van der Waals surface area contributed by atoms with Crippen LogP contribution in [-0.4, -0.2) is 57.4 Å². The highest BCUT2D eigenvalue weighted by molar-refractivity contribution is 7.97. The number of nitrogens with zero attached hydrogens (tertiary/aromatic N) is 4. The van der Waals surface area contributed by atoms with Crippen LogP contribution in [0.25, 0.3) is 0 Å². The van der Waals surface area contributed by atoms with Crippen LogP contribution in [0.2, 0.25) is 0 Å². The first kappa shape index (κ1) is 25.8. The van der Waals surface area contributed by atoms with Crippen molar-refractivity contribution in [1.82, 2.24) is 13.5 Å². The smallest absolute Gasteiger partial charge is 0.434 e. The number of aromatic nitrogens is 2. The Morgan fingerprint density at radius 1 is 1.31 bits per heavy atom. The second-order valence-corrected chi connectivity index (χ2v) is 13.0. The number of benzene rings is 1. The van der Waals surface area contributed by atoms with E-state index in [9.17, 15) is 17.6 Å². The lowest BCUT2D eigenvalue weighted by molar-refractivity contribution is 0.0580. The molecule has 9 nitrogen and oxygen atoms in total. The number of carbonyl (C=O) groups is 1. The van der Waals surface area contributed by atoms with Crippen molar-refractivity contribution < 1.29 is 27.1 Å². The van der Waals surface area contributed by atoms with Crippen molar-refractivity contribution in [2.24, 2.45) is 4.99 Å². The lowest BCUT2D eigenvalue weighted by Crippen LogP contribution is -2.34. The summed E-state index contributed by atoms with van der Waals surface area (Å²) < 4.78 is 52.6. The topological polar surface area (TPSA) is 103 Å². The van der Waals surface area contributed by atoms with Gasteiger partial charge in [0.15, 0.2) is 0 Å². The van der Waals surface area contributed by atoms with Gasteiger partial charge >= 0.3 is 6.09 Å². The molecule has 0 saturated carbocycles. The van der Waals surface area contributed by atoms with E-state index in [-0.39, 0.29) is 5.25 Å². The third-order valence-corrected chi connectivity index (χ3v) is 7.44. The molecular weight excluding hydrogens is 495 g/mol. The zero-order chi connectivity index (χ0) is 25.5. The quantitative estimate of drug-likeness (QED) is 0.553. The third kappa shape index (κ3) is 6.29. The Morgan fingerprint density at radius 2 is 2.06 bits per heavy atom. The molecule has 1 unspecified atom stereocenters. The normalized spacial score (nSPS) is 22.4. The van der Waals surface area contributed by atoms with Crippen molar-refractivity contribution in [3.63, 3.8) is 0 Å². The van der Waals surface area contributed by atoms with Crippen LogP contribution in [0.1, 0.15) is 55.7 Å². The van der Waals surface area contributed by atoms with Crippen molar-refractivity contribution in [2.45, 2.75) is 64.2 Å². The molecule has 1 aromatic carbocycles. The summed E-state index contributed by atoms with van der Waals surface area (Å²) in [5, 5.41) is 4.10. The fourth-order valence-corrected chi connectivity index (χ4v) is 5.74. The number of hydrogen-bond acceptors (Lipinski definition) is 8. The molecule has 0 spiro atoms. The molecule has 2 aliphatic heterocycles. The van der Waals surface area contributed by atoms with Gasteiger partial charge in [0.2, 0.25) is 0 Å². The maximum absolute atomic E-state index is 14.7. The molecule has 1 saturated heterocycles. The number of carbonyl (C=O) groups excluding carboxylic acids is 1. The van der Waals surface area contributed by atoms with Gasteiger partial charge in [0.25, 0.3) is 10.0 Å². The molecule has 12 heteroatoms. The zero-order valence-corrected chi connectivity index (χ0v) is 22.0. The van der Waals surface area contributed by atoms with E-state index in [4.69, 9.17) is 9.47 Å². The number of rotatable bonds is 4. The van der Waals surface area contributed by atoms with Crippen LogP contribution >= 0.6 is 11.9 Å². The van der Waals surface area contributed by atoms with Crippen molar-refractivity contribution in [3.8, 4) is 0 Å². The molecule has 1 fully saturated rings. The highest BCUT2D eigenvalue weighted by Crippen LogP contribution is 2.37. The molecule has 4 rings (SSSR count). The number of aliphatic imine (C=N–C) groups is 1. The van der Waals surface area contributed by atoms with Crippen LogP contribution in [0.15, 0.2) is 29.4 Å². The summed E-state index contributed by atoms with van der Waals surface area (Å²) >= 11 is 1.53. The number of aryl methyl sites for hydroxylation is 1. The molecule has 35 heavy (non-hydrogen) atoms. The Hall–Kier alpha value is -2.28. The lowest BCUT2D eigenvalue weighted by atomic mass is 9.97. The van der Waals surface area contributed by atoms with Gasteiger partial charge in [-0.25, -0.2) is 21.9 Å². The minimum atomic E-state index is -3.43. The van der Waals surface area contributed by atoms with Gasteiger partial charge in [0, 0.05) is 35.5 Å². The molecule has 2 atom stereocenters. The Kier molecular flexibility index (Phi) is 7.11. The van der Waals surface area contributed by atoms with Crippen LogP contribution < -0.4 is 0 Å². The van der Waals surface area contributed by atoms with Crippen LogP contribution in [0.5, 0.6) is 0 Å². The van der Waals surface area contributed by atoms with Gasteiger partial charge in [-0.05, 0) is 33.8 Å². The number of hydrogen-bond donors (Lipinski definition) is 0. The minimum absolute atomic E-state index is 0.0775. The van der Waals surface area contributed by atoms with Crippen LogP contribution in [0.3, 0.4) is 0 Å². The molecular formula is C23H29FN4O5S2. The first-order valence-corrected chi connectivity index (χ1v) is 13.8. The fraction of sp³-hybridized carbons (Fsp3) is 0.522. The molecule has 1 aromatic heterocycles. The van der Waals surface area contributed by atoms with Gasteiger partial charge in [-0.1, -0.05) is 29.6 Å². The highest BCUT2D eigenvalue weighted by Gasteiger charge is 2.35. The van der Waals surface area contributed by atoms with Crippen LogP contribution in [0.4, 0.5) is 9.18 Å². The second-order valence-electron chi connectivity index (χ2n) is 9.79. The molecule has 2 aromatic rings. The summed E-state index contributed by atoms with van der Waals surface area (Å²) in [4.78, 5) is 16.7. The van der Waals surface area contributed by atoms with E-state index < -0.39 is 33.6 Å². The number of fused-ring (bicyclic) bond motifs is 1. The summed E-state index contributed by atoms with van der Waals surface area (Å²) in [5.74, 6) is -0.420. The number of ether oxygens (including phenoxy) is 2. The van der Waals surface area contributed by atoms with Crippen LogP contribution in [-0.2, 0) is 32.6 Å². The number of halogens is 1. The molecule has 0 bridgehead atoms. The van der Waals surface area contributed by atoms with E-state index >= 15 is 0 Å². The number of amides is 1. The molecule has 0 N–H and O–H groups in total. The van der Waals surface area contributed by atoms with Crippen molar-refractivity contribution in [1.29, 1.82) is 0 Å². The first-order valence-electron chi connectivity index (χ1n) is 11.2. The summed E-state index contributed by atoms with van der Waals surface area (Å²) in [6.45, 7) is 8.46. The highest BCUT2D eigenvalue weighted by atomic mass is 32.2. The van der Waals surface area contributed by atoms with Gasteiger partial charge in [-0.2, -0.15) is 14.2 Å². The summed E-state index contributed by atoms with van der Waals surface area (Å²) in [7, 11) is -3.43. The van der Waals surface area contributed by atoms with Gasteiger partial charge in [-0.15, -0.1) is 0 Å². The first-order chi connectivity index (χ1) is 16.3. The Labute approximate surface area is 208 Å². The van der Waals surface area contributed by atoms with E-state index in [0.717, 1.165) is 21.5 Å². The van der Waals surface area contributed by atoms with E-state index in [1.54, 1.807) is 32.9 Å². The van der Waals surface area contributed by atoms with E-state index in [1.807, 2.05) is 6.92 Å². The Bertz CT molecular complexity index is 1250. The molecule has 1 amide bonds. The predicted molar refractivity (Wildman–Crippen MR) is 131 cm³/mol. The average molecular weight is 525 g/mol. The predicted octanol–water partition coefficient (Wildman–Crippen LogP) is 4.01. The van der Waals surface area contributed by atoms with E-state index in [0.29, 0.717) is 43.1 Å².